The fraction of sp³-hybridized carbons (Fsp3) is 0.769. The van der Waals surface area contributed by atoms with Crippen LogP contribution in [0.4, 0.5) is 5.13 Å². The molecule has 0 aliphatic carbocycles. The summed E-state index contributed by atoms with van der Waals surface area (Å²) in [5, 5.41) is 10.4. The second-order valence-electron chi connectivity index (χ2n) is 4.95. The molecule has 1 fully saturated rings. The number of piperazine rings is 1. The minimum absolute atomic E-state index is 0.0430. The van der Waals surface area contributed by atoms with Crippen molar-refractivity contribution in [2.24, 2.45) is 0 Å². The number of anilines is 1. The number of methoxy groups -OCH3 is 1. The lowest BCUT2D eigenvalue weighted by molar-refractivity contribution is 0.178. The number of ether oxygens (including phenoxy) is 1. The van der Waals surface area contributed by atoms with E-state index in [9.17, 15) is 5.11 Å². The maximum atomic E-state index is 9.39. The van der Waals surface area contributed by atoms with Gasteiger partial charge in [-0.3, -0.25) is 4.90 Å². The minimum atomic E-state index is 0.0430. The van der Waals surface area contributed by atoms with Gasteiger partial charge in [0.25, 0.3) is 0 Å². The quantitative estimate of drug-likeness (QED) is 0.884. The van der Waals surface area contributed by atoms with Crippen LogP contribution in [0.25, 0.3) is 0 Å². The highest BCUT2D eigenvalue weighted by molar-refractivity contribution is 7.15. The van der Waals surface area contributed by atoms with Gasteiger partial charge in [0.1, 0.15) is 0 Å². The standard InChI is InChI=1S/C13H23N3O2S/c1-4-10-7-16(6-5-15(10)2)13-14-11(9-18-3)12(8-17)19-13/h10,17H,4-9H2,1-3H3. The summed E-state index contributed by atoms with van der Waals surface area (Å²) < 4.78 is 5.14. The third kappa shape index (κ3) is 3.25. The zero-order valence-electron chi connectivity index (χ0n) is 11.9. The average molecular weight is 285 g/mol. The molecule has 1 aromatic rings. The molecule has 6 heteroatoms. The molecular formula is C13H23N3O2S. The van der Waals surface area contributed by atoms with Crippen LogP contribution in [0.15, 0.2) is 0 Å². The van der Waals surface area contributed by atoms with Gasteiger partial charge in [0.15, 0.2) is 5.13 Å². The van der Waals surface area contributed by atoms with Crippen LogP contribution in [0.2, 0.25) is 0 Å². The van der Waals surface area contributed by atoms with Gasteiger partial charge in [0.2, 0.25) is 0 Å². The second-order valence-corrected chi connectivity index (χ2v) is 6.01. The SMILES string of the molecule is CCC1CN(c2nc(COC)c(CO)s2)CCN1C. The molecule has 0 saturated carbocycles. The fourth-order valence-corrected chi connectivity index (χ4v) is 3.40. The molecule has 0 aromatic carbocycles. The Balaban J connectivity index is 2.13. The van der Waals surface area contributed by atoms with Gasteiger partial charge >= 0.3 is 0 Å². The highest BCUT2D eigenvalue weighted by Gasteiger charge is 2.25. The first-order chi connectivity index (χ1) is 9.19. The molecule has 108 valence electrons. The van der Waals surface area contributed by atoms with Crippen molar-refractivity contribution in [3.8, 4) is 0 Å². The van der Waals surface area contributed by atoms with E-state index in [1.54, 1.807) is 18.4 Å². The van der Waals surface area contributed by atoms with E-state index in [0.717, 1.165) is 41.8 Å². The molecule has 2 heterocycles. The van der Waals surface area contributed by atoms with Crippen LogP contribution in [0.3, 0.4) is 0 Å². The fourth-order valence-electron chi connectivity index (χ4n) is 2.44. The number of nitrogens with zero attached hydrogens (tertiary/aromatic N) is 3. The van der Waals surface area contributed by atoms with Crippen molar-refractivity contribution in [2.45, 2.75) is 32.6 Å². The summed E-state index contributed by atoms with van der Waals surface area (Å²) in [6, 6.07) is 0.584. The Hall–Kier alpha value is -0.690. The molecule has 1 unspecified atom stereocenters. The number of thiazole rings is 1. The zero-order chi connectivity index (χ0) is 13.8. The lowest BCUT2D eigenvalue weighted by Gasteiger charge is -2.39. The number of hydrogen-bond donors (Lipinski definition) is 1. The van der Waals surface area contributed by atoms with E-state index >= 15 is 0 Å². The minimum Gasteiger partial charge on any atom is -0.391 e. The Morgan fingerprint density at radius 2 is 2.26 bits per heavy atom. The third-order valence-electron chi connectivity index (χ3n) is 3.71. The van der Waals surface area contributed by atoms with Crippen LogP contribution in [-0.4, -0.2) is 54.8 Å². The molecule has 0 bridgehead atoms. The number of aliphatic hydroxyl groups is 1. The van der Waals surface area contributed by atoms with Crippen LogP contribution in [-0.2, 0) is 18.0 Å². The Kier molecular flexibility index (Phi) is 5.15. The zero-order valence-corrected chi connectivity index (χ0v) is 12.7. The third-order valence-corrected chi connectivity index (χ3v) is 4.85. The first kappa shape index (κ1) is 14.7. The lowest BCUT2D eigenvalue weighted by Crippen LogP contribution is -2.51. The van der Waals surface area contributed by atoms with Gasteiger partial charge in [-0.2, -0.15) is 0 Å². The van der Waals surface area contributed by atoms with Crippen molar-refractivity contribution in [2.75, 3.05) is 38.7 Å². The summed E-state index contributed by atoms with van der Waals surface area (Å²) >= 11 is 1.59. The molecular weight excluding hydrogens is 262 g/mol. The Labute approximate surface area is 118 Å². The number of aromatic nitrogens is 1. The van der Waals surface area contributed by atoms with E-state index in [-0.39, 0.29) is 6.61 Å². The molecule has 1 N–H and O–H groups in total. The van der Waals surface area contributed by atoms with Crippen LogP contribution in [0.5, 0.6) is 0 Å². The molecule has 0 spiro atoms. The van der Waals surface area contributed by atoms with Gasteiger partial charge in [-0.15, -0.1) is 0 Å². The Morgan fingerprint density at radius 1 is 1.47 bits per heavy atom. The molecule has 0 amide bonds. The number of rotatable bonds is 5. The Morgan fingerprint density at radius 3 is 2.89 bits per heavy atom. The smallest absolute Gasteiger partial charge is 0.186 e. The van der Waals surface area contributed by atoms with Gasteiger partial charge in [-0.25, -0.2) is 4.98 Å². The molecule has 1 saturated heterocycles. The molecule has 5 nitrogen and oxygen atoms in total. The molecule has 1 aromatic heterocycles. The van der Waals surface area contributed by atoms with Gasteiger partial charge in [-0.1, -0.05) is 18.3 Å². The number of aliphatic hydroxyl groups excluding tert-OH is 1. The van der Waals surface area contributed by atoms with Crippen LogP contribution < -0.4 is 4.90 Å². The molecule has 0 radical (unpaired) electrons. The van der Waals surface area contributed by atoms with Crippen molar-refractivity contribution in [1.82, 2.24) is 9.88 Å². The van der Waals surface area contributed by atoms with E-state index in [1.165, 1.54) is 0 Å². The van der Waals surface area contributed by atoms with Crippen molar-refractivity contribution in [3.05, 3.63) is 10.6 Å². The van der Waals surface area contributed by atoms with E-state index in [4.69, 9.17) is 4.74 Å². The van der Waals surface area contributed by atoms with Gasteiger partial charge in [0.05, 0.1) is 23.8 Å². The van der Waals surface area contributed by atoms with Gasteiger partial charge < -0.3 is 14.7 Å². The summed E-state index contributed by atoms with van der Waals surface area (Å²) in [6.45, 7) is 5.81. The van der Waals surface area contributed by atoms with Crippen molar-refractivity contribution in [3.63, 3.8) is 0 Å². The van der Waals surface area contributed by atoms with E-state index in [0.29, 0.717) is 12.6 Å². The number of likely N-dealkylation sites (N-methyl/N-ethyl adjacent to an activating group) is 1. The van der Waals surface area contributed by atoms with Crippen molar-refractivity contribution in [1.29, 1.82) is 0 Å². The molecule has 2 rings (SSSR count). The van der Waals surface area contributed by atoms with Crippen LogP contribution in [0, 0.1) is 0 Å². The van der Waals surface area contributed by atoms with Crippen LogP contribution in [0.1, 0.15) is 23.9 Å². The summed E-state index contributed by atoms with van der Waals surface area (Å²) in [7, 11) is 3.84. The van der Waals surface area contributed by atoms with Gasteiger partial charge in [-0.05, 0) is 13.5 Å². The summed E-state index contributed by atoms with van der Waals surface area (Å²) in [4.78, 5) is 10.3. The Bertz CT molecular complexity index is 411. The lowest BCUT2D eigenvalue weighted by atomic mass is 10.1. The largest absolute Gasteiger partial charge is 0.391 e. The first-order valence-electron chi connectivity index (χ1n) is 6.73. The predicted octanol–water partition coefficient (Wildman–Crippen LogP) is 1.31. The summed E-state index contributed by atoms with van der Waals surface area (Å²) in [5.74, 6) is 0. The van der Waals surface area contributed by atoms with Crippen molar-refractivity contribution < 1.29 is 9.84 Å². The van der Waals surface area contributed by atoms with E-state index in [1.807, 2.05) is 0 Å². The monoisotopic (exact) mass is 285 g/mol. The van der Waals surface area contributed by atoms with Crippen molar-refractivity contribution >= 4 is 16.5 Å². The summed E-state index contributed by atoms with van der Waals surface area (Å²) in [6.07, 6.45) is 1.15. The maximum absolute atomic E-state index is 9.39. The first-order valence-corrected chi connectivity index (χ1v) is 7.54. The predicted molar refractivity (Wildman–Crippen MR) is 77.7 cm³/mol. The highest BCUT2D eigenvalue weighted by atomic mass is 32.1. The van der Waals surface area contributed by atoms with E-state index < -0.39 is 0 Å². The maximum Gasteiger partial charge on any atom is 0.186 e. The number of hydrogen-bond acceptors (Lipinski definition) is 6. The average Bonchev–Trinajstić information content (AvgIpc) is 2.83. The highest BCUT2D eigenvalue weighted by Crippen LogP contribution is 2.28. The molecule has 19 heavy (non-hydrogen) atoms. The second kappa shape index (κ2) is 6.65. The molecule has 1 aliphatic heterocycles. The summed E-state index contributed by atoms with van der Waals surface area (Å²) in [5.41, 5.74) is 0.872. The normalized spacial score (nSPS) is 21.1. The van der Waals surface area contributed by atoms with E-state index in [2.05, 4.69) is 28.8 Å². The van der Waals surface area contributed by atoms with Gasteiger partial charge in [0, 0.05) is 32.8 Å². The van der Waals surface area contributed by atoms with Crippen LogP contribution >= 0.6 is 11.3 Å². The molecule has 1 atom stereocenters. The molecule has 1 aliphatic rings. The topological polar surface area (TPSA) is 48.8 Å².